The van der Waals surface area contributed by atoms with Crippen molar-refractivity contribution in [3.8, 4) is 0 Å². The van der Waals surface area contributed by atoms with Crippen LogP contribution in [0.15, 0.2) is 35.5 Å². The number of hydrogen-bond acceptors (Lipinski definition) is 1. The minimum Gasteiger partial charge on any atom is -0.362 e. The summed E-state index contributed by atoms with van der Waals surface area (Å²) in [5.41, 5.74) is 3.15. The van der Waals surface area contributed by atoms with Gasteiger partial charge in [0.25, 0.3) is 0 Å². The van der Waals surface area contributed by atoms with Crippen LogP contribution in [0.3, 0.4) is 0 Å². The van der Waals surface area contributed by atoms with E-state index in [0.29, 0.717) is 12.2 Å². The van der Waals surface area contributed by atoms with E-state index in [1.165, 1.54) is 24.8 Å². The van der Waals surface area contributed by atoms with Crippen molar-refractivity contribution in [1.82, 2.24) is 0 Å². The van der Waals surface area contributed by atoms with Gasteiger partial charge in [-0.15, -0.1) is 0 Å². The fourth-order valence-corrected chi connectivity index (χ4v) is 3.33. The van der Waals surface area contributed by atoms with Crippen LogP contribution >= 0.6 is 0 Å². The standard InChI is InChI=1S/C13H14O/c1-2-4-11-9(3-1)13-10-7-8(10)5-6-12(13)14-11/h1-4,8,10-12H,5-7H2. The lowest BCUT2D eigenvalue weighted by atomic mass is 9.88. The number of allylic oxidation sites excluding steroid dienone is 2. The molecule has 0 aromatic rings. The van der Waals surface area contributed by atoms with E-state index in [1.54, 1.807) is 5.57 Å². The van der Waals surface area contributed by atoms with Crippen molar-refractivity contribution >= 4 is 0 Å². The minimum atomic E-state index is 0.291. The molecule has 0 amide bonds. The molecule has 72 valence electrons. The molecular formula is C13H14O. The van der Waals surface area contributed by atoms with E-state index in [2.05, 4.69) is 24.3 Å². The zero-order valence-electron chi connectivity index (χ0n) is 8.15. The van der Waals surface area contributed by atoms with Gasteiger partial charge in [-0.1, -0.05) is 24.3 Å². The SMILES string of the molecule is C1=CC2=C3C(CCC4CC34)OC2C=C1. The molecule has 0 saturated heterocycles. The summed E-state index contributed by atoms with van der Waals surface area (Å²) in [6.07, 6.45) is 13.6. The van der Waals surface area contributed by atoms with Crippen molar-refractivity contribution in [3.05, 3.63) is 35.5 Å². The Hall–Kier alpha value is -0.820. The van der Waals surface area contributed by atoms with E-state index >= 15 is 0 Å². The molecular weight excluding hydrogens is 172 g/mol. The van der Waals surface area contributed by atoms with Crippen LogP contribution in [0.5, 0.6) is 0 Å². The van der Waals surface area contributed by atoms with Gasteiger partial charge in [-0.25, -0.2) is 0 Å². The Kier molecular flexibility index (Phi) is 1.28. The maximum atomic E-state index is 6.05. The Morgan fingerprint density at radius 2 is 2.21 bits per heavy atom. The van der Waals surface area contributed by atoms with Gasteiger partial charge in [0.1, 0.15) is 6.10 Å². The van der Waals surface area contributed by atoms with Crippen LogP contribution in [-0.4, -0.2) is 12.2 Å². The van der Waals surface area contributed by atoms with Crippen molar-refractivity contribution in [1.29, 1.82) is 0 Å². The number of hydrogen-bond donors (Lipinski definition) is 0. The van der Waals surface area contributed by atoms with Crippen LogP contribution in [-0.2, 0) is 4.74 Å². The number of fused-ring (bicyclic) bond motifs is 4. The second-order valence-corrected chi connectivity index (χ2v) is 4.88. The van der Waals surface area contributed by atoms with Crippen LogP contribution in [0.2, 0.25) is 0 Å². The molecule has 0 N–H and O–H groups in total. The molecule has 4 atom stereocenters. The third-order valence-electron chi connectivity index (χ3n) is 4.09. The highest BCUT2D eigenvalue weighted by Gasteiger charge is 2.50. The predicted molar refractivity (Wildman–Crippen MR) is 54.8 cm³/mol. The summed E-state index contributed by atoms with van der Waals surface area (Å²) in [4.78, 5) is 0. The van der Waals surface area contributed by atoms with Crippen LogP contribution in [0.1, 0.15) is 19.3 Å². The van der Waals surface area contributed by atoms with Crippen LogP contribution in [0.4, 0.5) is 0 Å². The zero-order valence-corrected chi connectivity index (χ0v) is 8.15. The van der Waals surface area contributed by atoms with E-state index in [9.17, 15) is 0 Å². The molecule has 0 aromatic heterocycles. The van der Waals surface area contributed by atoms with Crippen LogP contribution < -0.4 is 0 Å². The van der Waals surface area contributed by atoms with Crippen LogP contribution in [0, 0.1) is 11.8 Å². The second kappa shape index (κ2) is 2.40. The van der Waals surface area contributed by atoms with E-state index in [0.717, 1.165) is 11.8 Å². The van der Waals surface area contributed by atoms with Crippen molar-refractivity contribution in [2.24, 2.45) is 11.8 Å². The fraction of sp³-hybridized carbons (Fsp3) is 0.538. The summed E-state index contributed by atoms with van der Waals surface area (Å²) in [7, 11) is 0. The van der Waals surface area contributed by atoms with E-state index < -0.39 is 0 Å². The van der Waals surface area contributed by atoms with Gasteiger partial charge < -0.3 is 4.74 Å². The Labute approximate surface area is 84.1 Å². The molecule has 4 rings (SSSR count). The number of ether oxygens (including phenoxy) is 1. The van der Waals surface area contributed by atoms with Gasteiger partial charge >= 0.3 is 0 Å². The molecule has 1 aliphatic heterocycles. The average Bonchev–Trinajstić information content (AvgIpc) is 2.91. The second-order valence-electron chi connectivity index (χ2n) is 4.88. The Morgan fingerprint density at radius 3 is 3.21 bits per heavy atom. The quantitative estimate of drug-likeness (QED) is 0.565. The predicted octanol–water partition coefficient (Wildman–Crippen LogP) is 2.61. The molecule has 1 nitrogen and oxygen atoms in total. The Balaban J connectivity index is 1.83. The highest BCUT2D eigenvalue weighted by molar-refractivity contribution is 5.46. The van der Waals surface area contributed by atoms with E-state index in [1.807, 2.05) is 0 Å². The fourth-order valence-electron chi connectivity index (χ4n) is 3.33. The van der Waals surface area contributed by atoms with E-state index in [-0.39, 0.29) is 0 Å². The maximum Gasteiger partial charge on any atom is 0.102 e. The first-order valence-electron chi connectivity index (χ1n) is 5.68. The first kappa shape index (κ1) is 7.47. The zero-order chi connectivity index (χ0) is 9.12. The highest BCUT2D eigenvalue weighted by atomic mass is 16.5. The molecule has 0 bridgehead atoms. The molecule has 4 aliphatic rings. The van der Waals surface area contributed by atoms with Gasteiger partial charge in [0.2, 0.25) is 0 Å². The van der Waals surface area contributed by atoms with Gasteiger partial charge in [0.05, 0.1) is 6.10 Å². The van der Waals surface area contributed by atoms with Gasteiger partial charge in [-0.2, -0.15) is 0 Å². The molecule has 1 heterocycles. The molecule has 0 spiro atoms. The highest BCUT2D eigenvalue weighted by Crippen LogP contribution is 2.57. The largest absolute Gasteiger partial charge is 0.362 e. The maximum absolute atomic E-state index is 6.05. The normalized spacial score (nSPS) is 47.4. The van der Waals surface area contributed by atoms with Crippen molar-refractivity contribution in [2.45, 2.75) is 31.5 Å². The van der Waals surface area contributed by atoms with E-state index in [4.69, 9.17) is 4.74 Å². The van der Waals surface area contributed by atoms with Gasteiger partial charge in [0, 0.05) is 0 Å². The van der Waals surface area contributed by atoms with Gasteiger partial charge in [0.15, 0.2) is 0 Å². The molecule has 0 aromatic carbocycles. The summed E-state index contributed by atoms with van der Waals surface area (Å²) >= 11 is 0. The summed E-state index contributed by atoms with van der Waals surface area (Å²) in [5, 5.41) is 0. The van der Waals surface area contributed by atoms with Crippen molar-refractivity contribution in [3.63, 3.8) is 0 Å². The lowest BCUT2D eigenvalue weighted by molar-refractivity contribution is 0.0641. The topological polar surface area (TPSA) is 9.23 Å². The van der Waals surface area contributed by atoms with Gasteiger partial charge in [-0.3, -0.25) is 0 Å². The molecule has 1 heteroatoms. The Bertz CT molecular complexity index is 375. The van der Waals surface area contributed by atoms with Gasteiger partial charge in [-0.05, 0) is 42.2 Å². The smallest absolute Gasteiger partial charge is 0.102 e. The monoisotopic (exact) mass is 186 g/mol. The lowest BCUT2D eigenvalue weighted by Crippen LogP contribution is -2.18. The summed E-state index contributed by atoms with van der Waals surface area (Å²) < 4.78 is 6.05. The molecule has 4 unspecified atom stereocenters. The summed E-state index contributed by atoms with van der Waals surface area (Å²) in [6, 6.07) is 0. The average molecular weight is 186 g/mol. The third-order valence-corrected chi connectivity index (χ3v) is 4.09. The molecule has 3 aliphatic carbocycles. The first-order valence-corrected chi connectivity index (χ1v) is 5.68. The molecule has 14 heavy (non-hydrogen) atoms. The third kappa shape index (κ3) is 0.838. The molecule has 0 radical (unpaired) electrons. The Morgan fingerprint density at radius 1 is 1.21 bits per heavy atom. The molecule has 2 fully saturated rings. The van der Waals surface area contributed by atoms with Crippen LogP contribution in [0.25, 0.3) is 0 Å². The lowest BCUT2D eigenvalue weighted by Gasteiger charge is -2.19. The van der Waals surface area contributed by atoms with Crippen molar-refractivity contribution < 1.29 is 4.74 Å². The van der Waals surface area contributed by atoms with Crippen molar-refractivity contribution in [2.75, 3.05) is 0 Å². The first-order chi connectivity index (χ1) is 6.93. The summed E-state index contributed by atoms with van der Waals surface area (Å²) in [6.45, 7) is 0. The number of rotatable bonds is 0. The summed E-state index contributed by atoms with van der Waals surface area (Å²) in [5.74, 6) is 1.90. The molecule has 2 saturated carbocycles. The minimum absolute atomic E-state index is 0.291.